The van der Waals surface area contributed by atoms with Crippen LogP contribution in [0.15, 0.2) is 12.4 Å². The fourth-order valence-electron chi connectivity index (χ4n) is 2.06. The summed E-state index contributed by atoms with van der Waals surface area (Å²) >= 11 is 0. The maximum Gasteiger partial charge on any atom is 0.126 e. The Morgan fingerprint density at radius 2 is 1.28 bits per heavy atom. The van der Waals surface area contributed by atoms with Gasteiger partial charge in [0, 0.05) is 12.6 Å². The van der Waals surface area contributed by atoms with Gasteiger partial charge in [0.1, 0.15) is 36.6 Å². The Bertz CT molecular complexity index is 521. The largest absolute Gasteiger partial charge is 0.394 e. The third kappa shape index (κ3) is 5.88. The molecule has 144 valence electrons. The minimum absolute atomic E-state index is 0.0950. The summed E-state index contributed by atoms with van der Waals surface area (Å²) < 4.78 is 0. The van der Waals surface area contributed by atoms with E-state index in [1.807, 2.05) is 0 Å². The van der Waals surface area contributed by atoms with Crippen molar-refractivity contribution in [1.82, 2.24) is 9.97 Å². The molecule has 11 heteroatoms. The molecule has 0 aliphatic carbocycles. The number of aliphatic hydroxyl groups excluding tert-OH is 9. The normalized spacial score (nSPS) is 20.4. The van der Waals surface area contributed by atoms with Gasteiger partial charge in [-0.1, -0.05) is 0 Å². The Morgan fingerprint density at radius 3 is 1.84 bits per heavy atom. The Morgan fingerprint density at radius 1 is 0.720 bits per heavy atom. The summed E-state index contributed by atoms with van der Waals surface area (Å²) in [6.45, 7) is -1.58. The molecular weight excluding hydrogens is 340 g/mol. The molecule has 1 heterocycles. The van der Waals surface area contributed by atoms with Crippen LogP contribution in [0.4, 0.5) is 0 Å². The average molecular weight is 364 g/mol. The van der Waals surface area contributed by atoms with Gasteiger partial charge in [-0.25, -0.2) is 0 Å². The van der Waals surface area contributed by atoms with Crippen molar-refractivity contribution in [2.24, 2.45) is 0 Å². The molecule has 7 unspecified atom stereocenters. The molecule has 0 bridgehead atoms. The summed E-state index contributed by atoms with van der Waals surface area (Å²) in [4.78, 5) is 7.68. The monoisotopic (exact) mass is 364 g/mol. The molecule has 0 aliphatic heterocycles. The van der Waals surface area contributed by atoms with Crippen molar-refractivity contribution in [2.75, 3.05) is 13.2 Å². The molecule has 1 rings (SSSR count). The Balaban J connectivity index is 2.83. The van der Waals surface area contributed by atoms with E-state index >= 15 is 0 Å². The zero-order valence-corrected chi connectivity index (χ0v) is 13.2. The molecule has 25 heavy (non-hydrogen) atoms. The molecule has 0 aliphatic rings. The van der Waals surface area contributed by atoms with Crippen LogP contribution in [0.3, 0.4) is 0 Å². The molecule has 11 nitrogen and oxygen atoms in total. The van der Waals surface area contributed by atoms with E-state index in [2.05, 4.69) is 9.97 Å². The summed E-state index contributed by atoms with van der Waals surface area (Å²) in [5, 5.41) is 84.9. The molecule has 0 radical (unpaired) electrons. The molecule has 0 amide bonds. The fourth-order valence-corrected chi connectivity index (χ4v) is 2.06. The fraction of sp³-hybridized carbons (Fsp3) is 0.714. The molecule has 1 aromatic rings. The smallest absolute Gasteiger partial charge is 0.126 e. The topological polar surface area (TPSA) is 208 Å². The van der Waals surface area contributed by atoms with Gasteiger partial charge in [0.15, 0.2) is 0 Å². The van der Waals surface area contributed by atoms with E-state index in [0.717, 1.165) is 6.20 Å². The van der Waals surface area contributed by atoms with Crippen LogP contribution in [-0.2, 0) is 6.42 Å². The van der Waals surface area contributed by atoms with Gasteiger partial charge >= 0.3 is 0 Å². The molecule has 7 atom stereocenters. The van der Waals surface area contributed by atoms with Crippen LogP contribution in [0.2, 0.25) is 0 Å². The second kappa shape index (κ2) is 10.0. The zero-order chi connectivity index (χ0) is 19.1. The van der Waals surface area contributed by atoms with Crippen LogP contribution in [0.5, 0.6) is 0 Å². The predicted molar refractivity (Wildman–Crippen MR) is 80.9 cm³/mol. The minimum Gasteiger partial charge on any atom is -0.394 e. The van der Waals surface area contributed by atoms with Gasteiger partial charge in [-0.05, 0) is 0 Å². The van der Waals surface area contributed by atoms with Crippen LogP contribution in [-0.4, -0.2) is 106 Å². The molecule has 0 aromatic carbocycles. The number of aliphatic hydroxyl groups is 9. The highest BCUT2D eigenvalue weighted by Gasteiger charge is 2.32. The third-order valence-corrected chi connectivity index (χ3v) is 3.65. The SMILES string of the molecule is OCC(O)C(O)C(O)Cc1cncc(C(O)C(O)C(O)C(O)CO)n1. The van der Waals surface area contributed by atoms with Gasteiger partial charge in [-0.15, -0.1) is 0 Å². The first-order chi connectivity index (χ1) is 11.7. The maximum absolute atomic E-state index is 10.0. The first kappa shape index (κ1) is 21.8. The van der Waals surface area contributed by atoms with Crippen LogP contribution in [0.1, 0.15) is 17.5 Å². The lowest BCUT2D eigenvalue weighted by Crippen LogP contribution is -2.43. The molecule has 0 saturated carbocycles. The maximum atomic E-state index is 10.0. The standard InChI is InChI=1S/C14H24N2O9/c17-4-9(20)12(23)8(19)1-6-2-15-3-7(16-6)11(22)14(25)13(24)10(21)5-18/h2-3,8-14,17-25H,1,4-5H2. The quantitative estimate of drug-likeness (QED) is 0.192. The van der Waals surface area contributed by atoms with Crippen molar-refractivity contribution in [3.8, 4) is 0 Å². The number of nitrogens with zero attached hydrogens (tertiary/aromatic N) is 2. The van der Waals surface area contributed by atoms with Gasteiger partial charge in [0.2, 0.25) is 0 Å². The van der Waals surface area contributed by atoms with Gasteiger partial charge in [-0.3, -0.25) is 9.97 Å². The molecule has 0 spiro atoms. The van der Waals surface area contributed by atoms with Crippen molar-refractivity contribution >= 4 is 0 Å². The van der Waals surface area contributed by atoms with Crippen LogP contribution >= 0.6 is 0 Å². The number of hydrogen-bond donors (Lipinski definition) is 9. The second-order valence-electron chi connectivity index (χ2n) is 5.62. The summed E-state index contributed by atoms with van der Waals surface area (Å²) in [7, 11) is 0. The lowest BCUT2D eigenvalue weighted by Gasteiger charge is -2.25. The lowest BCUT2D eigenvalue weighted by atomic mass is 10.0. The number of aromatic nitrogens is 2. The van der Waals surface area contributed by atoms with Crippen molar-refractivity contribution in [3.05, 3.63) is 23.8 Å². The summed E-state index contributed by atoms with van der Waals surface area (Å²) in [6, 6.07) is 0. The van der Waals surface area contributed by atoms with E-state index < -0.39 is 55.9 Å². The van der Waals surface area contributed by atoms with E-state index in [1.54, 1.807) is 0 Å². The summed E-state index contributed by atoms with van der Waals surface area (Å²) in [5.41, 5.74) is -0.0868. The highest BCUT2D eigenvalue weighted by molar-refractivity contribution is 5.09. The van der Waals surface area contributed by atoms with Gasteiger partial charge in [0.25, 0.3) is 0 Å². The summed E-state index contributed by atoms with van der Waals surface area (Å²) in [5.74, 6) is 0. The van der Waals surface area contributed by atoms with E-state index in [9.17, 15) is 35.7 Å². The van der Waals surface area contributed by atoms with Crippen LogP contribution < -0.4 is 0 Å². The number of rotatable bonds is 10. The minimum atomic E-state index is -1.86. The van der Waals surface area contributed by atoms with Crippen molar-refractivity contribution in [2.45, 2.75) is 49.1 Å². The Labute approximate surface area is 143 Å². The van der Waals surface area contributed by atoms with E-state index in [-0.39, 0.29) is 17.8 Å². The lowest BCUT2D eigenvalue weighted by molar-refractivity contribution is -0.117. The third-order valence-electron chi connectivity index (χ3n) is 3.65. The van der Waals surface area contributed by atoms with Crippen LogP contribution in [0.25, 0.3) is 0 Å². The Kier molecular flexibility index (Phi) is 8.71. The van der Waals surface area contributed by atoms with Crippen molar-refractivity contribution in [3.63, 3.8) is 0 Å². The molecule has 9 N–H and O–H groups in total. The van der Waals surface area contributed by atoms with Gasteiger partial charge < -0.3 is 46.0 Å². The van der Waals surface area contributed by atoms with Gasteiger partial charge in [-0.2, -0.15) is 0 Å². The highest BCUT2D eigenvalue weighted by atomic mass is 16.4. The van der Waals surface area contributed by atoms with E-state index in [0.29, 0.717) is 0 Å². The Hall–Kier alpha value is -1.28. The molecule has 0 saturated heterocycles. The van der Waals surface area contributed by atoms with Crippen molar-refractivity contribution in [1.29, 1.82) is 0 Å². The first-order valence-corrected chi connectivity index (χ1v) is 7.51. The molecule has 0 fully saturated rings. The predicted octanol–water partition coefficient (Wildman–Crippen LogP) is -4.80. The van der Waals surface area contributed by atoms with E-state index in [4.69, 9.17) is 10.2 Å². The average Bonchev–Trinajstić information content (AvgIpc) is 2.64. The molecular formula is C14H24N2O9. The van der Waals surface area contributed by atoms with E-state index in [1.165, 1.54) is 6.20 Å². The highest BCUT2D eigenvalue weighted by Crippen LogP contribution is 2.19. The van der Waals surface area contributed by atoms with Gasteiger partial charge in [0.05, 0.1) is 36.9 Å². The van der Waals surface area contributed by atoms with Crippen LogP contribution in [0, 0.1) is 0 Å². The number of hydrogen-bond acceptors (Lipinski definition) is 11. The van der Waals surface area contributed by atoms with Crippen molar-refractivity contribution < 1.29 is 46.0 Å². The second-order valence-corrected chi connectivity index (χ2v) is 5.62. The first-order valence-electron chi connectivity index (χ1n) is 7.51. The summed E-state index contributed by atoms with van der Waals surface area (Å²) in [6.07, 6.45) is -9.74. The molecule has 1 aromatic heterocycles. The zero-order valence-electron chi connectivity index (χ0n) is 13.2.